The number of hydrogen-bond acceptors (Lipinski definition) is 2. The number of benzene rings is 2. The van der Waals surface area contributed by atoms with Crippen LogP contribution in [0.15, 0.2) is 42.5 Å². The smallest absolute Gasteiger partial charge is 0.123 e. The van der Waals surface area contributed by atoms with E-state index in [-0.39, 0.29) is 11.9 Å². The van der Waals surface area contributed by atoms with Crippen LogP contribution in [0.2, 0.25) is 0 Å². The minimum Gasteiger partial charge on any atom is -0.508 e. The molecule has 2 aromatic rings. The Morgan fingerprint density at radius 1 is 1.00 bits per heavy atom. The van der Waals surface area contributed by atoms with Crippen molar-refractivity contribution >= 4 is 0 Å². The van der Waals surface area contributed by atoms with E-state index in [1.807, 2.05) is 12.1 Å². The second-order valence-corrected chi connectivity index (χ2v) is 6.74. The van der Waals surface area contributed by atoms with Gasteiger partial charge in [-0.2, -0.15) is 0 Å². The average molecular weight is 312 g/mol. The SMILES string of the molecule is Oc1ccc(C2CCCC2[C@@H]2CCc3cc(F)ccc3O2)cc1. The Kier molecular flexibility index (Phi) is 3.72. The minimum absolute atomic E-state index is 0.186. The number of aryl methyl sites for hydroxylation is 1. The first-order valence-corrected chi connectivity index (χ1v) is 8.45. The Hall–Kier alpha value is -2.03. The Bertz CT molecular complexity index is 695. The molecular formula is C20H21FO2. The molecule has 2 aliphatic rings. The van der Waals surface area contributed by atoms with Crippen molar-refractivity contribution in [3.05, 3.63) is 59.4 Å². The molecule has 1 heterocycles. The summed E-state index contributed by atoms with van der Waals surface area (Å²) < 4.78 is 19.6. The van der Waals surface area contributed by atoms with E-state index in [9.17, 15) is 9.50 Å². The lowest BCUT2D eigenvalue weighted by atomic mass is 9.82. The molecule has 1 N–H and O–H groups in total. The van der Waals surface area contributed by atoms with Gasteiger partial charge in [0.05, 0.1) is 0 Å². The van der Waals surface area contributed by atoms with Gasteiger partial charge in [-0.15, -0.1) is 0 Å². The Morgan fingerprint density at radius 2 is 1.83 bits per heavy atom. The number of phenolic OH excluding ortho intramolecular Hbond substituents is 1. The van der Waals surface area contributed by atoms with Gasteiger partial charge in [-0.1, -0.05) is 18.6 Å². The summed E-state index contributed by atoms with van der Waals surface area (Å²) in [6.07, 6.45) is 5.60. The van der Waals surface area contributed by atoms with Crippen molar-refractivity contribution in [2.75, 3.05) is 0 Å². The van der Waals surface area contributed by atoms with Gasteiger partial charge in [-0.25, -0.2) is 4.39 Å². The molecule has 0 bridgehead atoms. The van der Waals surface area contributed by atoms with Crippen LogP contribution >= 0.6 is 0 Å². The fourth-order valence-electron chi connectivity index (χ4n) is 4.25. The molecule has 4 rings (SSSR count). The average Bonchev–Trinajstić information content (AvgIpc) is 3.04. The van der Waals surface area contributed by atoms with E-state index in [0.29, 0.717) is 17.6 Å². The van der Waals surface area contributed by atoms with Gasteiger partial charge in [0.2, 0.25) is 0 Å². The van der Waals surface area contributed by atoms with E-state index in [4.69, 9.17) is 4.74 Å². The predicted molar refractivity (Wildman–Crippen MR) is 87.3 cm³/mol. The Labute approximate surface area is 135 Å². The zero-order valence-corrected chi connectivity index (χ0v) is 13.0. The van der Waals surface area contributed by atoms with E-state index in [0.717, 1.165) is 24.2 Å². The highest BCUT2D eigenvalue weighted by atomic mass is 19.1. The second kappa shape index (κ2) is 5.88. The maximum atomic E-state index is 13.3. The first kappa shape index (κ1) is 14.6. The lowest BCUT2D eigenvalue weighted by molar-refractivity contribution is 0.104. The minimum atomic E-state index is -0.186. The number of fused-ring (bicyclic) bond motifs is 1. The van der Waals surface area contributed by atoms with Crippen molar-refractivity contribution in [3.63, 3.8) is 0 Å². The normalized spacial score (nSPS) is 26.6. The third-order valence-electron chi connectivity index (χ3n) is 5.37. The van der Waals surface area contributed by atoms with Crippen molar-refractivity contribution < 1.29 is 14.2 Å². The van der Waals surface area contributed by atoms with Gasteiger partial charge in [0.15, 0.2) is 0 Å². The molecular weight excluding hydrogens is 291 g/mol. The molecule has 2 aromatic carbocycles. The zero-order chi connectivity index (χ0) is 15.8. The largest absolute Gasteiger partial charge is 0.508 e. The molecule has 23 heavy (non-hydrogen) atoms. The summed E-state index contributed by atoms with van der Waals surface area (Å²) in [6, 6.07) is 12.4. The Balaban J connectivity index is 1.55. The standard InChI is InChI=1S/C20H21FO2/c21-15-7-11-19-14(12-15)6-10-20(23-19)18-3-1-2-17(18)13-4-8-16(22)9-5-13/h4-5,7-9,11-12,17-18,20,22H,1-3,6,10H2/t17?,18?,20-/m0/s1. The number of halogens is 1. The summed E-state index contributed by atoms with van der Waals surface area (Å²) in [5.41, 5.74) is 2.28. The van der Waals surface area contributed by atoms with Crippen molar-refractivity contribution in [3.8, 4) is 11.5 Å². The van der Waals surface area contributed by atoms with Crippen molar-refractivity contribution in [1.82, 2.24) is 0 Å². The molecule has 2 unspecified atom stereocenters. The fourth-order valence-corrected chi connectivity index (χ4v) is 4.25. The van der Waals surface area contributed by atoms with Crippen LogP contribution < -0.4 is 4.74 Å². The monoisotopic (exact) mass is 312 g/mol. The van der Waals surface area contributed by atoms with Crippen LogP contribution in [0.4, 0.5) is 4.39 Å². The molecule has 2 nitrogen and oxygen atoms in total. The molecule has 1 aliphatic carbocycles. The summed E-state index contributed by atoms with van der Waals surface area (Å²) in [7, 11) is 0. The van der Waals surface area contributed by atoms with Crippen LogP contribution in [-0.2, 0) is 6.42 Å². The van der Waals surface area contributed by atoms with Gasteiger partial charge >= 0.3 is 0 Å². The summed E-state index contributed by atoms with van der Waals surface area (Å²) in [5.74, 6) is 1.96. The molecule has 0 amide bonds. The molecule has 1 fully saturated rings. The van der Waals surface area contributed by atoms with Crippen LogP contribution in [0.25, 0.3) is 0 Å². The van der Waals surface area contributed by atoms with Gasteiger partial charge in [0.1, 0.15) is 23.4 Å². The van der Waals surface area contributed by atoms with Gasteiger partial charge in [0, 0.05) is 5.92 Å². The van der Waals surface area contributed by atoms with Crippen molar-refractivity contribution in [1.29, 1.82) is 0 Å². The first-order valence-electron chi connectivity index (χ1n) is 8.45. The number of aromatic hydroxyl groups is 1. The highest BCUT2D eigenvalue weighted by Crippen LogP contribution is 2.45. The van der Waals surface area contributed by atoms with Crippen LogP contribution in [0, 0.1) is 11.7 Å². The van der Waals surface area contributed by atoms with Crippen LogP contribution in [0.3, 0.4) is 0 Å². The summed E-state index contributed by atoms with van der Waals surface area (Å²) >= 11 is 0. The molecule has 0 saturated heterocycles. The highest BCUT2D eigenvalue weighted by molar-refractivity contribution is 5.36. The maximum Gasteiger partial charge on any atom is 0.123 e. The predicted octanol–water partition coefficient (Wildman–Crippen LogP) is 4.81. The molecule has 0 radical (unpaired) electrons. The van der Waals surface area contributed by atoms with Gasteiger partial charge in [0.25, 0.3) is 0 Å². The number of ether oxygens (including phenoxy) is 1. The zero-order valence-electron chi connectivity index (χ0n) is 13.0. The van der Waals surface area contributed by atoms with E-state index < -0.39 is 0 Å². The highest BCUT2D eigenvalue weighted by Gasteiger charge is 2.37. The summed E-state index contributed by atoms with van der Waals surface area (Å²) in [5, 5.41) is 9.49. The Morgan fingerprint density at radius 3 is 2.65 bits per heavy atom. The third-order valence-corrected chi connectivity index (χ3v) is 5.37. The molecule has 3 heteroatoms. The van der Waals surface area contributed by atoms with Gasteiger partial charge in [-0.05, 0) is 73.1 Å². The molecule has 1 aliphatic heterocycles. The number of hydrogen-bond donors (Lipinski definition) is 1. The first-order chi connectivity index (χ1) is 11.2. The lowest BCUT2D eigenvalue weighted by Crippen LogP contribution is -2.32. The number of rotatable bonds is 2. The van der Waals surface area contributed by atoms with E-state index >= 15 is 0 Å². The molecule has 0 spiro atoms. The van der Waals surface area contributed by atoms with Gasteiger partial charge < -0.3 is 9.84 Å². The van der Waals surface area contributed by atoms with E-state index in [2.05, 4.69) is 0 Å². The summed E-state index contributed by atoms with van der Waals surface area (Å²) in [6.45, 7) is 0. The quantitative estimate of drug-likeness (QED) is 0.862. The van der Waals surface area contributed by atoms with E-state index in [1.54, 1.807) is 24.3 Å². The van der Waals surface area contributed by atoms with Crippen molar-refractivity contribution in [2.45, 2.75) is 44.1 Å². The lowest BCUT2D eigenvalue weighted by Gasteiger charge is -2.33. The second-order valence-electron chi connectivity index (χ2n) is 6.74. The van der Waals surface area contributed by atoms with E-state index in [1.165, 1.54) is 30.9 Å². The summed E-state index contributed by atoms with van der Waals surface area (Å²) in [4.78, 5) is 0. The van der Waals surface area contributed by atoms with Gasteiger partial charge in [-0.3, -0.25) is 0 Å². The van der Waals surface area contributed by atoms with Crippen molar-refractivity contribution in [2.24, 2.45) is 5.92 Å². The maximum absolute atomic E-state index is 13.3. The molecule has 0 aromatic heterocycles. The molecule has 120 valence electrons. The fraction of sp³-hybridized carbons (Fsp3) is 0.400. The van der Waals surface area contributed by atoms with Crippen LogP contribution in [-0.4, -0.2) is 11.2 Å². The third kappa shape index (κ3) is 2.80. The molecule has 1 saturated carbocycles. The topological polar surface area (TPSA) is 29.5 Å². The van der Waals surface area contributed by atoms with Crippen LogP contribution in [0.5, 0.6) is 11.5 Å². The van der Waals surface area contributed by atoms with Crippen LogP contribution in [0.1, 0.15) is 42.7 Å². The number of phenols is 1. The molecule has 3 atom stereocenters.